The van der Waals surface area contributed by atoms with Crippen molar-refractivity contribution in [3.8, 4) is 0 Å². The first-order valence-electron chi connectivity index (χ1n) is 3.09. The monoisotopic (exact) mass is 127 g/mol. The minimum Gasteiger partial charge on any atom is -0.388 e. The average Bonchev–Trinajstić information content (AvgIpc) is 1.80. The van der Waals surface area contributed by atoms with Crippen LogP contribution >= 0.6 is 0 Å². The topological polar surface area (TPSA) is 73.7 Å². The average molecular weight is 127 g/mol. The molecular weight excluding hydrogens is 114 g/mol. The van der Waals surface area contributed by atoms with Gasteiger partial charge in [0.15, 0.2) is 0 Å². The van der Waals surface area contributed by atoms with E-state index >= 15 is 0 Å². The van der Waals surface area contributed by atoms with E-state index in [1.807, 2.05) is 0 Å². The Morgan fingerprint density at radius 2 is 2.11 bits per heavy atom. The maximum atomic E-state index is 6.85. The van der Waals surface area contributed by atoms with Crippen molar-refractivity contribution in [2.24, 2.45) is 5.73 Å². The summed E-state index contributed by atoms with van der Waals surface area (Å²) in [6.07, 6.45) is 4.79. The first kappa shape index (κ1) is 8.14. The van der Waals surface area contributed by atoms with Crippen molar-refractivity contribution in [3.63, 3.8) is 0 Å². The Hall–Kier alpha value is -0.860. The Morgan fingerprint density at radius 3 is 2.56 bits per heavy atom. The van der Waals surface area contributed by atoms with E-state index in [4.69, 9.17) is 16.6 Å². The van der Waals surface area contributed by atoms with Crippen LogP contribution in [-0.2, 0) is 0 Å². The zero-order valence-electron chi connectivity index (χ0n) is 5.48. The minimum absolute atomic E-state index is 0.250. The lowest BCUT2D eigenvalue weighted by Crippen LogP contribution is -2.08. The second kappa shape index (κ2) is 5.28. The van der Waals surface area contributed by atoms with Crippen LogP contribution in [0.25, 0.3) is 0 Å². The van der Waals surface area contributed by atoms with E-state index in [1.54, 1.807) is 0 Å². The Kier molecular flexibility index (Phi) is 4.78. The van der Waals surface area contributed by atoms with Crippen LogP contribution in [0, 0.1) is 10.8 Å². The van der Waals surface area contributed by atoms with Gasteiger partial charge < -0.3 is 11.1 Å². The van der Waals surface area contributed by atoms with Crippen molar-refractivity contribution in [1.29, 1.82) is 10.8 Å². The predicted molar refractivity (Wildman–Crippen MR) is 39.2 cm³/mol. The van der Waals surface area contributed by atoms with Crippen molar-refractivity contribution in [1.82, 2.24) is 0 Å². The van der Waals surface area contributed by atoms with Gasteiger partial charge in [-0.15, -0.1) is 0 Å². The van der Waals surface area contributed by atoms with Crippen LogP contribution in [0.1, 0.15) is 25.7 Å². The maximum absolute atomic E-state index is 6.85. The molecule has 9 heavy (non-hydrogen) atoms. The summed E-state index contributed by atoms with van der Waals surface area (Å²) in [4.78, 5) is 0. The van der Waals surface area contributed by atoms with Gasteiger partial charge in [-0.1, -0.05) is 0 Å². The van der Waals surface area contributed by atoms with Crippen molar-refractivity contribution >= 4 is 12.1 Å². The molecule has 0 aliphatic carbocycles. The first-order valence-corrected chi connectivity index (χ1v) is 3.09. The van der Waals surface area contributed by atoms with Gasteiger partial charge in [-0.05, 0) is 25.5 Å². The molecule has 0 aliphatic heterocycles. The van der Waals surface area contributed by atoms with E-state index in [0.29, 0.717) is 6.42 Å². The molecule has 4 N–H and O–H groups in total. The zero-order valence-corrected chi connectivity index (χ0v) is 5.48. The molecule has 0 aromatic rings. The third-order valence-electron chi connectivity index (χ3n) is 1.04. The number of nitrogens with one attached hydrogen (secondary N) is 2. The molecule has 52 valence electrons. The highest BCUT2D eigenvalue weighted by Gasteiger charge is 1.88. The van der Waals surface area contributed by atoms with Gasteiger partial charge in [0.2, 0.25) is 0 Å². The minimum atomic E-state index is 0.250. The van der Waals surface area contributed by atoms with Crippen LogP contribution < -0.4 is 5.73 Å². The van der Waals surface area contributed by atoms with Crippen molar-refractivity contribution < 1.29 is 0 Å². The summed E-state index contributed by atoms with van der Waals surface area (Å²) in [5, 5.41) is 13.5. The van der Waals surface area contributed by atoms with Gasteiger partial charge in [0.25, 0.3) is 0 Å². The molecule has 0 heterocycles. The Balaban J connectivity index is 2.91. The lowest BCUT2D eigenvalue weighted by molar-refractivity contribution is 0.794. The molecule has 0 aromatic carbocycles. The normalized spacial score (nSPS) is 8.89. The highest BCUT2D eigenvalue weighted by molar-refractivity contribution is 5.76. The van der Waals surface area contributed by atoms with E-state index in [2.05, 4.69) is 0 Å². The molecular formula is C6H13N3. The molecule has 0 amide bonds. The van der Waals surface area contributed by atoms with Gasteiger partial charge in [-0.2, -0.15) is 0 Å². The van der Waals surface area contributed by atoms with Crippen molar-refractivity contribution in [2.45, 2.75) is 25.7 Å². The quantitative estimate of drug-likeness (QED) is 0.289. The summed E-state index contributed by atoms with van der Waals surface area (Å²) in [5.74, 6) is 0.250. The summed E-state index contributed by atoms with van der Waals surface area (Å²) < 4.78 is 0. The molecule has 0 saturated carbocycles. The van der Waals surface area contributed by atoms with E-state index < -0.39 is 0 Å². The highest BCUT2D eigenvalue weighted by atomic mass is 14.7. The number of hydrogen-bond donors (Lipinski definition) is 3. The highest BCUT2D eigenvalue weighted by Crippen LogP contribution is 1.95. The molecule has 3 nitrogen and oxygen atoms in total. The van der Waals surface area contributed by atoms with E-state index in [0.717, 1.165) is 19.3 Å². The molecule has 0 spiro atoms. The fourth-order valence-corrected chi connectivity index (χ4v) is 0.562. The van der Waals surface area contributed by atoms with Crippen molar-refractivity contribution in [3.05, 3.63) is 0 Å². The van der Waals surface area contributed by atoms with Crippen LogP contribution in [0.3, 0.4) is 0 Å². The number of rotatable bonds is 5. The predicted octanol–water partition coefficient (Wildman–Crippen LogP) is 1.13. The molecule has 0 saturated heterocycles. The largest absolute Gasteiger partial charge is 0.388 e. The molecule has 3 heteroatoms. The third-order valence-corrected chi connectivity index (χ3v) is 1.04. The van der Waals surface area contributed by atoms with Gasteiger partial charge in [0.1, 0.15) is 0 Å². The van der Waals surface area contributed by atoms with E-state index in [1.165, 1.54) is 6.21 Å². The lowest BCUT2D eigenvalue weighted by atomic mass is 10.2. The summed E-state index contributed by atoms with van der Waals surface area (Å²) in [7, 11) is 0. The summed E-state index contributed by atoms with van der Waals surface area (Å²) in [6.45, 7) is 0. The Morgan fingerprint density at radius 1 is 1.44 bits per heavy atom. The molecule has 0 fully saturated rings. The molecule has 0 atom stereocenters. The second-order valence-corrected chi connectivity index (χ2v) is 1.98. The number of unbranched alkanes of at least 4 members (excludes halogenated alkanes) is 2. The van der Waals surface area contributed by atoms with Crippen LogP contribution in [-0.4, -0.2) is 12.1 Å². The standard InChI is InChI=1S/C6H13N3/c7-5-3-1-2-4-6(8)9/h5,7H,1-4H2,(H3,8,9). The lowest BCUT2D eigenvalue weighted by Gasteiger charge is -1.93. The third kappa shape index (κ3) is 7.14. The second-order valence-electron chi connectivity index (χ2n) is 1.98. The fourth-order valence-electron chi connectivity index (χ4n) is 0.562. The first-order chi connectivity index (χ1) is 4.27. The summed E-state index contributed by atoms with van der Waals surface area (Å²) in [6, 6.07) is 0. The van der Waals surface area contributed by atoms with Crippen LogP contribution in [0.5, 0.6) is 0 Å². The molecule has 0 bridgehead atoms. The molecule has 0 rings (SSSR count). The summed E-state index contributed by atoms with van der Waals surface area (Å²) in [5.41, 5.74) is 5.10. The molecule has 0 aromatic heterocycles. The maximum Gasteiger partial charge on any atom is 0.0905 e. The Bertz CT molecular complexity index is 98.5. The van der Waals surface area contributed by atoms with Crippen LogP contribution in [0.2, 0.25) is 0 Å². The summed E-state index contributed by atoms with van der Waals surface area (Å²) >= 11 is 0. The fraction of sp³-hybridized carbons (Fsp3) is 0.667. The van der Waals surface area contributed by atoms with Gasteiger partial charge in [-0.3, -0.25) is 5.41 Å². The SMILES string of the molecule is N=CCCCCC(=N)N. The number of hydrogen-bond acceptors (Lipinski definition) is 2. The Labute approximate surface area is 55.3 Å². The van der Waals surface area contributed by atoms with Crippen molar-refractivity contribution in [2.75, 3.05) is 0 Å². The van der Waals surface area contributed by atoms with Gasteiger partial charge in [0, 0.05) is 6.42 Å². The van der Waals surface area contributed by atoms with E-state index in [9.17, 15) is 0 Å². The number of nitrogens with two attached hydrogens (primary N) is 1. The number of amidine groups is 1. The zero-order chi connectivity index (χ0) is 7.11. The molecule has 0 unspecified atom stereocenters. The molecule has 0 radical (unpaired) electrons. The van der Waals surface area contributed by atoms with E-state index in [-0.39, 0.29) is 5.84 Å². The van der Waals surface area contributed by atoms with Gasteiger partial charge >= 0.3 is 0 Å². The molecule has 0 aliphatic rings. The smallest absolute Gasteiger partial charge is 0.0905 e. The van der Waals surface area contributed by atoms with Gasteiger partial charge in [0.05, 0.1) is 5.84 Å². The van der Waals surface area contributed by atoms with Crippen LogP contribution in [0.4, 0.5) is 0 Å². The van der Waals surface area contributed by atoms with Crippen LogP contribution in [0.15, 0.2) is 0 Å². The van der Waals surface area contributed by atoms with Gasteiger partial charge in [-0.25, -0.2) is 0 Å².